The Bertz CT molecular complexity index is 645. The van der Waals surface area contributed by atoms with Crippen LogP contribution in [0.5, 0.6) is 0 Å². The second kappa shape index (κ2) is 5.97. The fourth-order valence-electron chi connectivity index (χ4n) is 3.08. The van der Waals surface area contributed by atoms with Crippen molar-refractivity contribution in [2.24, 2.45) is 0 Å². The highest BCUT2D eigenvalue weighted by Gasteiger charge is 2.22. The molecule has 0 spiro atoms. The van der Waals surface area contributed by atoms with E-state index in [1.54, 1.807) is 0 Å². The molecule has 4 nitrogen and oxygen atoms in total. The first-order chi connectivity index (χ1) is 10.6. The fourth-order valence-corrected chi connectivity index (χ4v) is 3.08. The molecule has 0 saturated carbocycles. The van der Waals surface area contributed by atoms with Gasteiger partial charge in [-0.3, -0.25) is 4.79 Å². The van der Waals surface area contributed by atoms with E-state index in [2.05, 4.69) is 30.5 Å². The summed E-state index contributed by atoms with van der Waals surface area (Å²) in [4.78, 5) is 14.3. The maximum absolute atomic E-state index is 12.5. The molecule has 0 unspecified atom stereocenters. The van der Waals surface area contributed by atoms with E-state index in [0.29, 0.717) is 31.5 Å². The number of carbonyl (C=O) groups excluding carboxylic acids is 1. The molecule has 1 saturated heterocycles. The monoisotopic (exact) mass is 298 g/mol. The van der Waals surface area contributed by atoms with Crippen LogP contribution in [0.2, 0.25) is 0 Å². The summed E-state index contributed by atoms with van der Waals surface area (Å²) in [6.07, 6.45) is 1.09. The summed E-state index contributed by atoms with van der Waals surface area (Å²) in [5.74, 6) is 0.0550. The molecular weight excluding hydrogens is 276 g/mol. The van der Waals surface area contributed by atoms with Crippen molar-refractivity contribution in [3.63, 3.8) is 0 Å². The van der Waals surface area contributed by atoms with E-state index in [0.717, 1.165) is 5.69 Å². The summed E-state index contributed by atoms with van der Waals surface area (Å²) in [5.41, 5.74) is 4.15. The van der Waals surface area contributed by atoms with Crippen molar-refractivity contribution >= 4 is 5.91 Å². The Morgan fingerprint density at radius 1 is 1.00 bits per heavy atom. The average molecular weight is 298 g/mol. The van der Waals surface area contributed by atoms with Gasteiger partial charge >= 0.3 is 0 Å². The third-order valence-electron chi connectivity index (χ3n) is 4.40. The van der Waals surface area contributed by atoms with Gasteiger partial charge in [0.1, 0.15) is 0 Å². The van der Waals surface area contributed by atoms with Crippen LogP contribution < -0.4 is 0 Å². The highest BCUT2D eigenvalue weighted by Crippen LogP contribution is 2.19. The van der Waals surface area contributed by atoms with Crippen molar-refractivity contribution in [1.82, 2.24) is 9.47 Å². The van der Waals surface area contributed by atoms with Crippen LogP contribution in [0.3, 0.4) is 0 Å². The molecule has 1 aromatic heterocycles. The third kappa shape index (κ3) is 2.79. The van der Waals surface area contributed by atoms with Crippen LogP contribution in [0.25, 0.3) is 5.69 Å². The lowest BCUT2D eigenvalue weighted by atomic mass is 10.1. The van der Waals surface area contributed by atoms with Crippen LogP contribution in [0.15, 0.2) is 36.4 Å². The minimum absolute atomic E-state index is 0.0550. The minimum Gasteiger partial charge on any atom is -0.393 e. The predicted molar refractivity (Wildman–Crippen MR) is 86.4 cm³/mol. The maximum atomic E-state index is 12.5. The van der Waals surface area contributed by atoms with Crippen molar-refractivity contribution in [1.29, 1.82) is 0 Å². The zero-order valence-corrected chi connectivity index (χ0v) is 13.1. The average Bonchev–Trinajstić information content (AvgIpc) is 2.86. The van der Waals surface area contributed by atoms with Crippen LogP contribution >= 0.6 is 0 Å². The van der Waals surface area contributed by atoms with Crippen molar-refractivity contribution < 1.29 is 9.90 Å². The van der Waals surface area contributed by atoms with Crippen LogP contribution in [0.1, 0.15) is 34.6 Å². The van der Waals surface area contributed by atoms with E-state index in [4.69, 9.17) is 0 Å². The van der Waals surface area contributed by atoms with E-state index in [1.807, 2.05) is 29.2 Å². The van der Waals surface area contributed by atoms with Crippen LogP contribution in [0, 0.1) is 13.8 Å². The Morgan fingerprint density at radius 3 is 2.09 bits per heavy atom. The molecule has 3 rings (SSSR count). The van der Waals surface area contributed by atoms with E-state index in [1.165, 1.54) is 11.4 Å². The summed E-state index contributed by atoms with van der Waals surface area (Å²) in [7, 11) is 0. The molecule has 1 aliphatic heterocycles. The van der Waals surface area contributed by atoms with Crippen molar-refractivity contribution in [2.45, 2.75) is 32.8 Å². The number of benzene rings is 1. The van der Waals surface area contributed by atoms with E-state index in [9.17, 15) is 9.90 Å². The number of aliphatic hydroxyl groups excluding tert-OH is 1. The van der Waals surface area contributed by atoms with Crippen LogP contribution in [-0.2, 0) is 0 Å². The van der Waals surface area contributed by atoms with Gasteiger partial charge in [0, 0.05) is 35.7 Å². The number of likely N-dealkylation sites (tertiary alicyclic amines) is 1. The second-order valence-electron chi connectivity index (χ2n) is 6.02. The van der Waals surface area contributed by atoms with Crippen molar-refractivity contribution in [3.05, 3.63) is 53.3 Å². The van der Waals surface area contributed by atoms with Gasteiger partial charge < -0.3 is 14.6 Å². The minimum atomic E-state index is -0.258. The van der Waals surface area contributed by atoms with Gasteiger partial charge in [-0.2, -0.15) is 0 Å². The highest BCUT2D eigenvalue weighted by atomic mass is 16.3. The van der Waals surface area contributed by atoms with E-state index >= 15 is 0 Å². The number of amides is 1. The molecule has 0 aliphatic carbocycles. The number of nitrogens with zero attached hydrogens (tertiary/aromatic N) is 2. The Kier molecular flexibility index (Phi) is 4.03. The molecule has 1 N–H and O–H groups in total. The van der Waals surface area contributed by atoms with Gasteiger partial charge in [-0.1, -0.05) is 0 Å². The number of aliphatic hydroxyl groups is 1. The van der Waals surface area contributed by atoms with E-state index < -0.39 is 0 Å². The number of carbonyl (C=O) groups is 1. The molecule has 22 heavy (non-hydrogen) atoms. The lowest BCUT2D eigenvalue weighted by Crippen LogP contribution is -2.40. The Labute approximate surface area is 131 Å². The quantitative estimate of drug-likeness (QED) is 0.926. The van der Waals surface area contributed by atoms with Gasteiger partial charge in [0.2, 0.25) is 0 Å². The molecule has 1 aromatic carbocycles. The molecule has 1 fully saturated rings. The van der Waals surface area contributed by atoms with Gasteiger partial charge in [0.25, 0.3) is 5.91 Å². The van der Waals surface area contributed by atoms with Crippen molar-refractivity contribution in [3.8, 4) is 5.69 Å². The number of rotatable bonds is 2. The summed E-state index contributed by atoms with van der Waals surface area (Å²) in [5, 5.41) is 9.53. The van der Waals surface area contributed by atoms with Gasteiger partial charge in [0.05, 0.1) is 6.10 Å². The number of aryl methyl sites for hydroxylation is 2. The van der Waals surface area contributed by atoms with Crippen LogP contribution in [0.4, 0.5) is 0 Å². The first-order valence-corrected chi connectivity index (χ1v) is 7.79. The number of hydrogen-bond donors (Lipinski definition) is 1. The van der Waals surface area contributed by atoms with Crippen LogP contribution in [-0.4, -0.2) is 39.7 Å². The van der Waals surface area contributed by atoms with E-state index in [-0.39, 0.29) is 12.0 Å². The van der Waals surface area contributed by atoms with Gasteiger partial charge in [-0.15, -0.1) is 0 Å². The number of aromatic nitrogens is 1. The first-order valence-electron chi connectivity index (χ1n) is 7.79. The summed E-state index contributed by atoms with van der Waals surface area (Å²) >= 11 is 0. The molecule has 0 bridgehead atoms. The standard InChI is InChI=1S/C18H22N2O2/c1-13-3-4-14(2)20(13)16-7-5-15(6-8-16)18(22)19-11-9-17(21)10-12-19/h3-8,17,21H,9-12H2,1-2H3. The van der Waals surface area contributed by atoms with Gasteiger partial charge in [-0.25, -0.2) is 0 Å². The second-order valence-corrected chi connectivity index (χ2v) is 6.02. The van der Waals surface area contributed by atoms with Crippen molar-refractivity contribution in [2.75, 3.05) is 13.1 Å². The first kappa shape index (κ1) is 14.9. The molecule has 0 radical (unpaired) electrons. The van der Waals surface area contributed by atoms with Gasteiger partial charge in [0.15, 0.2) is 0 Å². The molecule has 2 heterocycles. The Balaban J connectivity index is 1.78. The Hall–Kier alpha value is -2.07. The molecular formula is C18H22N2O2. The Morgan fingerprint density at radius 2 is 1.55 bits per heavy atom. The molecule has 1 amide bonds. The fraction of sp³-hybridized carbons (Fsp3) is 0.389. The number of piperidine rings is 1. The zero-order valence-electron chi connectivity index (χ0n) is 13.1. The molecule has 1 aliphatic rings. The summed E-state index contributed by atoms with van der Waals surface area (Å²) in [6, 6.07) is 11.9. The molecule has 4 heteroatoms. The topological polar surface area (TPSA) is 45.5 Å². The molecule has 0 atom stereocenters. The normalized spacial score (nSPS) is 16.0. The summed E-state index contributed by atoms with van der Waals surface area (Å²) < 4.78 is 2.17. The lowest BCUT2D eigenvalue weighted by molar-refractivity contribution is 0.0546. The summed E-state index contributed by atoms with van der Waals surface area (Å²) in [6.45, 7) is 5.42. The van der Waals surface area contributed by atoms with Gasteiger partial charge in [-0.05, 0) is 63.1 Å². The SMILES string of the molecule is Cc1ccc(C)n1-c1ccc(C(=O)N2CCC(O)CC2)cc1. The smallest absolute Gasteiger partial charge is 0.253 e. The highest BCUT2D eigenvalue weighted by molar-refractivity contribution is 5.94. The number of hydrogen-bond acceptors (Lipinski definition) is 2. The third-order valence-corrected chi connectivity index (χ3v) is 4.40. The lowest BCUT2D eigenvalue weighted by Gasteiger charge is -2.29. The maximum Gasteiger partial charge on any atom is 0.253 e. The predicted octanol–water partition coefficient (Wildman–Crippen LogP) is 2.69. The molecule has 2 aromatic rings. The largest absolute Gasteiger partial charge is 0.393 e. The molecule has 116 valence electrons. The zero-order chi connectivity index (χ0) is 15.7.